The smallest absolute Gasteiger partial charge is 0.240 e. The number of aromatic nitrogens is 2. The van der Waals surface area contributed by atoms with Gasteiger partial charge in [-0.3, -0.25) is 4.79 Å². The summed E-state index contributed by atoms with van der Waals surface area (Å²) in [6.07, 6.45) is 1.85. The summed E-state index contributed by atoms with van der Waals surface area (Å²) < 4.78 is 18.7. The average molecular weight is 337 g/mol. The molecule has 0 radical (unpaired) electrons. The standard InChI is InChI=1S/C19H16FN3O2/c20-14-6-8-15(9-7-14)21-17(24)19(10-11-19)18-23-22-16(25-18)12-13-4-2-1-3-5-13/h1-9H,10-12H2,(H,21,24). The molecule has 3 aromatic rings. The first-order valence-electron chi connectivity index (χ1n) is 8.09. The number of hydrogen-bond donors (Lipinski definition) is 1. The molecule has 1 aliphatic rings. The largest absolute Gasteiger partial charge is 0.424 e. The Morgan fingerprint density at radius 1 is 1.08 bits per heavy atom. The Kier molecular flexibility index (Phi) is 3.80. The van der Waals surface area contributed by atoms with E-state index in [0.717, 1.165) is 5.56 Å². The Bertz CT molecular complexity index is 887. The molecule has 126 valence electrons. The van der Waals surface area contributed by atoms with Crippen molar-refractivity contribution < 1.29 is 13.6 Å². The van der Waals surface area contributed by atoms with Crippen LogP contribution in [0.4, 0.5) is 10.1 Å². The van der Waals surface area contributed by atoms with Gasteiger partial charge in [0.2, 0.25) is 17.7 Å². The summed E-state index contributed by atoms with van der Waals surface area (Å²) in [5, 5.41) is 11.0. The number of hydrogen-bond acceptors (Lipinski definition) is 4. The van der Waals surface area contributed by atoms with Gasteiger partial charge in [-0.15, -0.1) is 10.2 Å². The van der Waals surface area contributed by atoms with Gasteiger partial charge in [0.05, 0.1) is 6.42 Å². The maximum Gasteiger partial charge on any atom is 0.240 e. The van der Waals surface area contributed by atoms with E-state index in [9.17, 15) is 9.18 Å². The third kappa shape index (κ3) is 3.15. The van der Waals surface area contributed by atoms with Crippen LogP contribution < -0.4 is 5.32 Å². The van der Waals surface area contributed by atoms with E-state index < -0.39 is 5.41 Å². The van der Waals surface area contributed by atoms with Gasteiger partial charge in [0, 0.05) is 5.69 Å². The summed E-state index contributed by atoms with van der Waals surface area (Å²) in [5.41, 5.74) is 0.844. The van der Waals surface area contributed by atoms with Crippen LogP contribution in [-0.4, -0.2) is 16.1 Å². The van der Waals surface area contributed by atoms with Gasteiger partial charge in [-0.2, -0.15) is 0 Å². The summed E-state index contributed by atoms with van der Waals surface area (Å²) in [6.45, 7) is 0. The van der Waals surface area contributed by atoms with Crippen molar-refractivity contribution in [1.29, 1.82) is 0 Å². The van der Waals surface area contributed by atoms with Gasteiger partial charge < -0.3 is 9.73 Å². The highest BCUT2D eigenvalue weighted by atomic mass is 19.1. The highest BCUT2D eigenvalue weighted by Gasteiger charge is 2.56. The molecule has 2 aromatic carbocycles. The van der Waals surface area contributed by atoms with Gasteiger partial charge in [0.1, 0.15) is 11.2 Å². The molecule has 1 aromatic heterocycles. The van der Waals surface area contributed by atoms with E-state index in [4.69, 9.17) is 4.42 Å². The molecule has 0 saturated heterocycles. The summed E-state index contributed by atoms with van der Waals surface area (Å²) in [4.78, 5) is 12.6. The SMILES string of the molecule is O=C(Nc1ccc(F)cc1)C1(c2nnc(Cc3ccccc3)o2)CC1. The third-order valence-corrected chi connectivity index (χ3v) is 4.36. The van der Waals surface area contributed by atoms with Gasteiger partial charge in [-0.05, 0) is 42.7 Å². The molecule has 1 N–H and O–H groups in total. The molecule has 6 heteroatoms. The molecule has 1 fully saturated rings. The second-order valence-electron chi connectivity index (χ2n) is 6.21. The fourth-order valence-corrected chi connectivity index (χ4v) is 2.74. The number of carbonyl (C=O) groups excluding carboxylic acids is 1. The number of anilines is 1. The lowest BCUT2D eigenvalue weighted by molar-refractivity contribution is -0.119. The van der Waals surface area contributed by atoms with Crippen molar-refractivity contribution in [1.82, 2.24) is 10.2 Å². The quantitative estimate of drug-likeness (QED) is 0.774. The van der Waals surface area contributed by atoms with Crippen LogP contribution in [-0.2, 0) is 16.6 Å². The summed E-state index contributed by atoms with van der Waals surface area (Å²) in [6, 6.07) is 15.5. The van der Waals surface area contributed by atoms with Crippen LogP contribution in [0.1, 0.15) is 30.2 Å². The highest BCUT2D eigenvalue weighted by molar-refractivity contribution is 6.00. The molecule has 1 heterocycles. The molecule has 1 aliphatic carbocycles. The predicted octanol–water partition coefficient (Wildman–Crippen LogP) is 3.47. The Labute approximate surface area is 143 Å². The predicted molar refractivity (Wildman–Crippen MR) is 89.5 cm³/mol. The van der Waals surface area contributed by atoms with E-state index >= 15 is 0 Å². The molecule has 0 atom stereocenters. The number of rotatable bonds is 5. The third-order valence-electron chi connectivity index (χ3n) is 4.36. The molecular formula is C19H16FN3O2. The van der Waals surface area contributed by atoms with Gasteiger partial charge in [-0.1, -0.05) is 30.3 Å². The topological polar surface area (TPSA) is 68.0 Å². The van der Waals surface area contributed by atoms with Gasteiger partial charge in [0.25, 0.3) is 0 Å². The molecule has 1 saturated carbocycles. The van der Waals surface area contributed by atoms with E-state index in [2.05, 4.69) is 15.5 Å². The van der Waals surface area contributed by atoms with Crippen molar-refractivity contribution in [2.45, 2.75) is 24.7 Å². The van der Waals surface area contributed by atoms with Crippen molar-refractivity contribution in [3.05, 3.63) is 77.8 Å². The molecule has 5 nitrogen and oxygen atoms in total. The average Bonchev–Trinajstić information content (AvgIpc) is 3.32. The lowest BCUT2D eigenvalue weighted by Gasteiger charge is -2.11. The van der Waals surface area contributed by atoms with Crippen molar-refractivity contribution in [2.75, 3.05) is 5.32 Å². The zero-order chi connectivity index (χ0) is 17.3. The van der Waals surface area contributed by atoms with Crippen LogP contribution in [0.2, 0.25) is 0 Å². The second-order valence-corrected chi connectivity index (χ2v) is 6.21. The number of carbonyl (C=O) groups is 1. The Balaban J connectivity index is 1.49. The number of amides is 1. The van der Waals surface area contributed by atoms with Crippen molar-refractivity contribution >= 4 is 11.6 Å². The fourth-order valence-electron chi connectivity index (χ4n) is 2.74. The normalized spacial score (nSPS) is 14.9. The minimum Gasteiger partial charge on any atom is -0.424 e. The minimum atomic E-state index is -0.768. The Hall–Kier alpha value is -3.02. The van der Waals surface area contributed by atoms with Crippen LogP contribution in [0.3, 0.4) is 0 Å². The van der Waals surface area contributed by atoms with E-state index in [1.807, 2.05) is 30.3 Å². The zero-order valence-electron chi connectivity index (χ0n) is 13.4. The molecular weight excluding hydrogens is 321 g/mol. The molecule has 0 aliphatic heterocycles. The van der Waals surface area contributed by atoms with E-state index in [-0.39, 0.29) is 11.7 Å². The number of halogens is 1. The molecule has 0 spiro atoms. The van der Waals surface area contributed by atoms with Crippen LogP contribution >= 0.6 is 0 Å². The first-order chi connectivity index (χ1) is 12.2. The van der Waals surface area contributed by atoms with Crippen molar-refractivity contribution in [2.24, 2.45) is 0 Å². The molecule has 0 unspecified atom stereocenters. The zero-order valence-corrected chi connectivity index (χ0v) is 13.4. The molecule has 1 amide bonds. The van der Waals surface area contributed by atoms with Gasteiger partial charge in [0.15, 0.2) is 0 Å². The van der Waals surface area contributed by atoms with Crippen molar-refractivity contribution in [3.8, 4) is 0 Å². The molecule has 0 bridgehead atoms. The maximum absolute atomic E-state index is 13.0. The Morgan fingerprint density at radius 2 is 1.80 bits per heavy atom. The van der Waals surface area contributed by atoms with Crippen LogP contribution in [0, 0.1) is 5.82 Å². The van der Waals surface area contributed by atoms with E-state index in [0.29, 0.717) is 36.7 Å². The maximum atomic E-state index is 13.0. The van der Waals surface area contributed by atoms with Crippen LogP contribution in [0.5, 0.6) is 0 Å². The summed E-state index contributed by atoms with van der Waals surface area (Å²) >= 11 is 0. The highest BCUT2D eigenvalue weighted by Crippen LogP contribution is 2.48. The van der Waals surface area contributed by atoms with Crippen molar-refractivity contribution in [3.63, 3.8) is 0 Å². The van der Waals surface area contributed by atoms with Crippen LogP contribution in [0.15, 0.2) is 59.0 Å². The summed E-state index contributed by atoms with van der Waals surface area (Å²) in [5.74, 6) is 0.288. The van der Waals surface area contributed by atoms with Gasteiger partial charge in [-0.25, -0.2) is 4.39 Å². The number of benzene rings is 2. The molecule has 25 heavy (non-hydrogen) atoms. The van der Waals surface area contributed by atoms with Crippen LogP contribution in [0.25, 0.3) is 0 Å². The number of nitrogens with zero attached hydrogens (tertiary/aromatic N) is 2. The van der Waals surface area contributed by atoms with E-state index in [1.54, 1.807) is 0 Å². The summed E-state index contributed by atoms with van der Waals surface area (Å²) in [7, 11) is 0. The van der Waals surface area contributed by atoms with Gasteiger partial charge >= 0.3 is 0 Å². The minimum absolute atomic E-state index is 0.200. The second kappa shape index (κ2) is 6.12. The lowest BCUT2D eigenvalue weighted by Crippen LogP contribution is -2.28. The Morgan fingerprint density at radius 3 is 2.48 bits per heavy atom. The number of nitrogens with one attached hydrogen (secondary N) is 1. The first-order valence-corrected chi connectivity index (χ1v) is 8.09. The lowest BCUT2D eigenvalue weighted by atomic mass is 10.1. The molecule has 4 rings (SSSR count). The first kappa shape index (κ1) is 15.5. The fraction of sp³-hybridized carbons (Fsp3) is 0.211. The van der Waals surface area contributed by atoms with E-state index in [1.165, 1.54) is 24.3 Å². The monoisotopic (exact) mass is 337 g/mol.